The van der Waals surface area contributed by atoms with E-state index in [2.05, 4.69) is 15.0 Å². The second-order valence-electron chi connectivity index (χ2n) is 4.05. The molecule has 16 heavy (non-hydrogen) atoms. The molecule has 0 aromatic heterocycles. The lowest BCUT2D eigenvalue weighted by molar-refractivity contribution is 0.135. The van der Waals surface area contributed by atoms with E-state index >= 15 is 0 Å². The molecule has 1 aliphatic rings. The van der Waals surface area contributed by atoms with Gasteiger partial charge in [0.05, 0.1) is 5.75 Å². The quantitative estimate of drug-likeness (QED) is 0.572. The first-order valence-electron chi connectivity index (χ1n) is 5.68. The van der Waals surface area contributed by atoms with E-state index in [9.17, 15) is 8.42 Å². The average molecular weight is 250 g/mol. The van der Waals surface area contributed by atoms with Gasteiger partial charge in [0.2, 0.25) is 10.0 Å². The molecule has 1 aliphatic heterocycles. The van der Waals surface area contributed by atoms with Gasteiger partial charge in [-0.15, -0.1) is 4.83 Å². The van der Waals surface area contributed by atoms with Crippen LogP contribution < -0.4 is 10.1 Å². The van der Waals surface area contributed by atoms with Crippen molar-refractivity contribution < 1.29 is 8.42 Å². The minimum absolute atomic E-state index is 0.132. The van der Waals surface area contributed by atoms with Crippen LogP contribution in [0, 0.1) is 0 Å². The Hall–Kier alpha value is -0.210. The zero-order valence-corrected chi connectivity index (χ0v) is 10.9. The second-order valence-corrected chi connectivity index (χ2v) is 5.87. The topological polar surface area (TPSA) is 64.7 Å². The van der Waals surface area contributed by atoms with Gasteiger partial charge in [-0.2, -0.15) is 0 Å². The number of nitrogens with zero attached hydrogens (tertiary/aromatic N) is 2. The molecule has 0 aliphatic carbocycles. The Morgan fingerprint density at radius 2 is 1.81 bits per heavy atom. The van der Waals surface area contributed by atoms with Crippen LogP contribution in [0.2, 0.25) is 0 Å². The smallest absolute Gasteiger partial charge is 0.225 e. The molecule has 1 heterocycles. The minimum Gasteiger partial charge on any atom is -0.316 e. The number of likely N-dealkylation sites (N-methyl/N-ethyl adjacent to an activating group) is 1. The van der Waals surface area contributed by atoms with Crippen molar-refractivity contribution in [2.75, 3.05) is 52.1 Å². The van der Waals surface area contributed by atoms with Gasteiger partial charge in [-0.25, -0.2) is 13.4 Å². The predicted molar refractivity (Wildman–Crippen MR) is 64.5 cm³/mol. The third kappa shape index (κ3) is 5.22. The fraction of sp³-hybridized carbons (Fsp3) is 1.00. The summed E-state index contributed by atoms with van der Waals surface area (Å²) in [6, 6.07) is 0. The van der Waals surface area contributed by atoms with E-state index in [0.29, 0.717) is 6.54 Å². The highest BCUT2D eigenvalue weighted by atomic mass is 32.2. The molecule has 0 amide bonds. The van der Waals surface area contributed by atoms with E-state index in [0.717, 1.165) is 32.7 Å². The van der Waals surface area contributed by atoms with Crippen LogP contribution in [0.25, 0.3) is 0 Å². The fourth-order valence-electron chi connectivity index (χ4n) is 1.52. The average Bonchev–Trinajstić information content (AvgIpc) is 2.21. The molecular formula is C9H22N4O2S. The minimum atomic E-state index is -3.18. The fourth-order valence-corrected chi connectivity index (χ4v) is 2.60. The number of hydrazine groups is 1. The molecule has 0 unspecified atom stereocenters. The third-order valence-corrected chi connectivity index (χ3v) is 3.85. The van der Waals surface area contributed by atoms with E-state index in [1.54, 1.807) is 5.01 Å². The Morgan fingerprint density at radius 3 is 2.38 bits per heavy atom. The molecule has 0 radical (unpaired) electrons. The summed E-state index contributed by atoms with van der Waals surface area (Å²) in [4.78, 5) is 4.80. The Labute approximate surface area is 98.0 Å². The van der Waals surface area contributed by atoms with Gasteiger partial charge in [0.15, 0.2) is 0 Å². The Bertz CT molecular complexity index is 286. The Kier molecular flexibility index (Phi) is 5.63. The van der Waals surface area contributed by atoms with E-state index in [1.165, 1.54) is 0 Å². The van der Waals surface area contributed by atoms with Gasteiger partial charge in [-0.05, 0) is 13.6 Å². The number of piperazine rings is 1. The van der Waals surface area contributed by atoms with Crippen LogP contribution in [0.4, 0.5) is 0 Å². The van der Waals surface area contributed by atoms with E-state index in [-0.39, 0.29) is 5.75 Å². The summed E-state index contributed by atoms with van der Waals surface area (Å²) in [5.41, 5.74) is 0. The first-order chi connectivity index (χ1) is 7.53. The van der Waals surface area contributed by atoms with Crippen molar-refractivity contribution in [3.8, 4) is 0 Å². The highest BCUT2D eigenvalue weighted by molar-refractivity contribution is 7.89. The van der Waals surface area contributed by atoms with E-state index in [4.69, 9.17) is 0 Å². The van der Waals surface area contributed by atoms with E-state index < -0.39 is 10.0 Å². The summed E-state index contributed by atoms with van der Waals surface area (Å²) in [5, 5.41) is 4.78. The van der Waals surface area contributed by atoms with Crippen molar-refractivity contribution in [2.24, 2.45) is 0 Å². The second kappa shape index (κ2) is 6.51. The maximum absolute atomic E-state index is 11.6. The monoisotopic (exact) mass is 250 g/mol. The first kappa shape index (κ1) is 13.9. The maximum Gasteiger partial charge on any atom is 0.225 e. The molecular weight excluding hydrogens is 228 g/mol. The number of sulfonamides is 1. The summed E-state index contributed by atoms with van der Waals surface area (Å²) >= 11 is 0. The highest BCUT2D eigenvalue weighted by Crippen LogP contribution is 1.97. The number of rotatable bonds is 6. The predicted octanol–water partition coefficient (Wildman–Crippen LogP) is -1.32. The van der Waals surface area contributed by atoms with Gasteiger partial charge in [0.25, 0.3) is 0 Å². The molecule has 0 bridgehead atoms. The normalized spacial score (nSPS) is 20.1. The van der Waals surface area contributed by atoms with E-state index in [1.807, 2.05) is 14.0 Å². The Morgan fingerprint density at radius 1 is 1.19 bits per heavy atom. The molecule has 0 spiro atoms. The standard InChI is InChI=1S/C9H22N4O2S/c1-3-10-4-9-16(14,15)11-13-7-5-12(2)6-8-13/h10-11H,3-9H2,1-2H3. The number of nitrogens with one attached hydrogen (secondary N) is 2. The van der Waals surface area contributed by atoms with Crippen LogP contribution in [0.3, 0.4) is 0 Å². The molecule has 0 aromatic carbocycles. The van der Waals surface area contributed by atoms with Gasteiger partial charge < -0.3 is 10.2 Å². The van der Waals surface area contributed by atoms with Crippen molar-refractivity contribution >= 4 is 10.0 Å². The summed E-state index contributed by atoms with van der Waals surface area (Å²) in [6.45, 7) is 6.55. The molecule has 1 rings (SSSR count). The molecule has 0 saturated carbocycles. The summed E-state index contributed by atoms with van der Waals surface area (Å²) in [6.07, 6.45) is 0. The molecule has 6 nitrogen and oxygen atoms in total. The van der Waals surface area contributed by atoms with Gasteiger partial charge in [-0.3, -0.25) is 0 Å². The zero-order valence-electron chi connectivity index (χ0n) is 10.1. The van der Waals surface area contributed by atoms with Gasteiger partial charge in [0.1, 0.15) is 0 Å². The lowest BCUT2D eigenvalue weighted by Crippen LogP contribution is -2.53. The number of hydrogen-bond acceptors (Lipinski definition) is 5. The lowest BCUT2D eigenvalue weighted by Gasteiger charge is -2.32. The molecule has 7 heteroatoms. The van der Waals surface area contributed by atoms with Crippen molar-refractivity contribution in [2.45, 2.75) is 6.92 Å². The van der Waals surface area contributed by atoms with Crippen molar-refractivity contribution in [1.82, 2.24) is 20.1 Å². The lowest BCUT2D eigenvalue weighted by atomic mass is 10.4. The molecule has 1 fully saturated rings. The van der Waals surface area contributed by atoms with Crippen LogP contribution in [0.1, 0.15) is 6.92 Å². The van der Waals surface area contributed by atoms with Crippen LogP contribution >= 0.6 is 0 Å². The summed E-state index contributed by atoms with van der Waals surface area (Å²) in [5.74, 6) is 0.132. The van der Waals surface area contributed by atoms with Crippen LogP contribution in [-0.2, 0) is 10.0 Å². The van der Waals surface area contributed by atoms with Gasteiger partial charge >= 0.3 is 0 Å². The van der Waals surface area contributed by atoms with Crippen molar-refractivity contribution in [3.63, 3.8) is 0 Å². The maximum atomic E-state index is 11.6. The molecule has 2 N–H and O–H groups in total. The van der Waals surface area contributed by atoms with Crippen molar-refractivity contribution in [1.29, 1.82) is 0 Å². The zero-order chi connectivity index (χ0) is 12.0. The SMILES string of the molecule is CCNCCS(=O)(=O)NN1CCN(C)CC1. The number of hydrogen-bond donors (Lipinski definition) is 2. The van der Waals surface area contributed by atoms with Crippen LogP contribution in [-0.4, -0.2) is 70.4 Å². The highest BCUT2D eigenvalue weighted by Gasteiger charge is 2.18. The van der Waals surface area contributed by atoms with Crippen molar-refractivity contribution in [3.05, 3.63) is 0 Å². The largest absolute Gasteiger partial charge is 0.316 e. The van der Waals surface area contributed by atoms with Crippen LogP contribution in [0.5, 0.6) is 0 Å². The molecule has 1 saturated heterocycles. The third-order valence-electron chi connectivity index (χ3n) is 2.57. The summed E-state index contributed by atoms with van der Waals surface area (Å²) < 4.78 is 23.3. The molecule has 0 atom stereocenters. The molecule has 0 aromatic rings. The molecule has 96 valence electrons. The van der Waals surface area contributed by atoms with Crippen LogP contribution in [0.15, 0.2) is 0 Å². The van der Waals surface area contributed by atoms with Gasteiger partial charge in [-0.1, -0.05) is 6.92 Å². The van der Waals surface area contributed by atoms with Gasteiger partial charge in [0, 0.05) is 32.7 Å². The Balaban J connectivity index is 2.29. The summed E-state index contributed by atoms with van der Waals surface area (Å²) in [7, 11) is -1.14. The first-order valence-corrected chi connectivity index (χ1v) is 7.33.